The topological polar surface area (TPSA) is 127 Å². The quantitative estimate of drug-likeness (QED) is 0.433. The minimum atomic E-state index is -3.48. The molecule has 5 atom stereocenters. The number of methoxy groups -OCH3 is 1. The Labute approximate surface area is 162 Å². The van der Waals surface area contributed by atoms with Crippen molar-refractivity contribution >= 4 is 24.3 Å². The number of nitrogens with zero attached hydrogens (tertiary/aromatic N) is 2. The summed E-state index contributed by atoms with van der Waals surface area (Å²) in [7, 11) is 2.82. The number of rotatable bonds is 9. The lowest BCUT2D eigenvalue weighted by molar-refractivity contribution is -0.0785. The van der Waals surface area contributed by atoms with Crippen LogP contribution in [0, 0.1) is 6.92 Å². The number of hydrogen-bond donors (Lipinski definition) is 2. The fraction of sp³-hybridized carbons (Fsp3) is 0.733. The van der Waals surface area contributed by atoms with Crippen LogP contribution in [0.4, 0.5) is 5.82 Å². The molecule has 0 spiro atoms. The Morgan fingerprint density at radius 2 is 2.11 bits per heavy atom. The highest BCUT2D eigenvalue weighted by atomic mass is 32.5. The molecule has 0 saturated carbocycles. The molecular weight excluding hydrogens is 397 g/mol. The van der Waals surface area contributed by atoms with Gasteiger partial charge in [-0.1, -0.05) is 6.92 Å². The van der Waals surface area contributed by atoms with Crippen molar-refractivity contribution < 1.29 is 28.2 Å². The van der Waals surface area contributed by atoms with E-state index in [1.807, 2.05) is 6.92 Å². The van der Waals surface area contributed by atoms with Gasteiger partial charge in [0.1, 0.15) is 18.0 Å². The van der Waals surface area contributed by atoms with E-state index < -0.39 is 36.9 Å². The largest absolute Gasteiger partial charge is 0.383 e. The fourth-order valence-electron chi connectivity index (χ4n) is 2.79. The van der Waals surface area contributed by atoms with Crippen LogP contribution in [0.15, 0.2) is 11.0 Å². The second-order valence-electron chi connectivity index (χ2n) is 6.02. The number of aryl methyl sites for hydroxylation is 1. The Kier molecular flexibility index (Phi) is 7.90. The third-order valence-corrected chi connectivity index (χ3v) is 5.90. The van der Waals surface area contributed by atoms with Gasteiger partial charge in [0, 0.05) is 26.0 Å². The molecule has 1 aromatic rings. The number of aromatic nitrogens is 2. The summed E-state index contributed by atoms with van der Waals surface area (Å²) < 4.78 is 28.8. The maximum Gasteiger partial charge on any atom is 0.351 e. The van der Waals surface area contributed by atoms with Crippen molar-refractivity contribution in [3.05, 3.63) is 22.2 Å². The van der Waals surface area contributed by atoms with Gasteiger partial charge in [-0.2, -0.15) is 4.98 Å². The lowest BCUT2D eigenvalue weighted by Crippen LogP contribution is -2.39. The first-order valence-electron chi connectivity index (χ1n) is 8.42. The number of anilines is 1. The van der Waals surface area contributed by atoms with Gasteiger partial charge in [-0.25, -0.2) is 4.79 Å². The lowest BCUT2D eigenvalue weighted by atomic mass is 10.1. The minimum Gasteiger partial charge on any atom is -0.383 e. The molecule has 0 amide bonds. The predicted molar refractivity (Wildman–Crippen MR) is 102 cm³/mol. The highest BCUT2D eigenvalue weighted by Gasteiger charge is 2.49. The van der Waals surface area contributed by atoms with Crippen LogP contribution in [0.1, 0.15) is 25.1 Å². The van der Waals surface area contributed by atoms with Gasteiger partial charge in [-0.3, -0.25) is 9.09 Å². The monoisotopic (exact) mass is 423 g/mol. The summed E-state index contributed by atoms with van der Waals surface area (Å²) in [4.78, 5) is 26.3. The first kappa shape index (κ1) is 22.4. The Morgan fingerprint density at radius 3 is 2.70 bits per heavy atom. The van der Waals surface area contributed by atoms with Crippen LogP contribution in [-0.2, 0) is 35.1 Å². The SMILES string of the molecule is CC[C@H]1O[C@@H](n2cc(C)c(N)nc2=O)C(OCCOC)C1OP(O)(=S)OC. The zero-order valence-electron chi connectivity index (χ0n) is 15.7. The predicted octanol–water partition coefficient (Wildman–Crippen LogP) is 0.721. The highest BCUT2D eigenvalue weighted by Crippen LogP contribution is 2.48. The van der Waals surface area contributed by atoms with Crippen molar-refractivity contribution in [1.82, 2.24) is 9.55 Å². The van der Waals surface area contributed by atoms with Gasteiger partial charge >= 0.3 is 12.4 Å². The van der Waals surface area contributed by atoms with Gasteiger partial charge in [-0.15, -0.1) is 0 Å². The van der Waals surface area contributed by atoms with Crippen LogP contribution < -0.4 is 11.4 Å². The molecule has 0 radical (unpaired) electrons. The number of nitrogen functional groups attached to an aromatic ring is 1. The van der Waals surface area contributed by atoms with Crippen molar-refractivity contribution in [1.29, 1.82) is 0 Å². The molecule has 3 unspecified atom stereocenters. The Bertz CT molecular complexity index is 747. The van der Waals surface area contributed by atoms with Crippen molar-refractivity contribution in [2.75, 3.05) is 33.2 Å². The van der Waals surface area contributed by atoms with Crippen LogP contribution in [0.25, 0.3) is 0 Å². The molecule has 1 aliphatic heterocycles. The molecule has 2 rings (SSSR count). The molecule has 1 fully saturated rings. The zero-order valence-corrected chi connectivity index (χ0v) is 17.4. The van der Waals surface area contributed by atoms with Gasteiger partial charge in [0.05, 0.1) is 19.3 Å². The molecule has 154 valence electrons. The van der Waals surface area contributed by atoms with E-state index in [1.54, 1.807) is 20.2 Å². The summed E-state index contributed by atoms with van der Waals surface area (Å²) in [6.45, 7) is 0.706. The van der Waals surface area contributed by atoms with E-state index in [-0.39, 0.29) is 12.4 Å². The number of nitrogens with two attached hydrogens (primary N) is 1. The Balaban J connectivity index is 2.41. The van der Waals surface area contributed by atoms with Gasteiger partial charge < -0.3 is 29.4 Å². The summed E-state index contributed by atoms with van der Waals surface area (Å²) in [6.07, 6.45) is -0.683. The summed E-state index contributed by atoms with van der Waals surface area (Å²) in [6, 6.07) is 0. The van der Waals surface area contributed by atoms with E-state index >= 15 is 0 Å². The molecule has 1 aliphatic rings. The summed E-state index contributed by atoms with van der Waals surface area (Å²) in [5.74, 6) is 0.149. The first-order chi connectivity index (χ1) is 12.7. The van der Waals surface area contributed by atoms with Crippen molar-refractivity contribution in [3.8, 4) is 0 Å². The minimum absolute atomic E-state index is 0.149. The van der Waals surface area contributed by atoms with Crippen molar-refractivity contribution in [2.45, 2.75) is 44.8 Å². The number of ether oxygens (including phenoxy) is 3. The smallest absolute Gasteiger partial charge is 0.351 e. The molecule has 0 aromatic carbocycles. The van der Waals surface area contributed by atoms with Crippen LogP contribution in [0.2, 0.25) is 0 Å². The molecule has 12 heteroatoms. The van der Waals surface area contributed by atoms with E-state index in [4.69, 9.17) is 40.8 Å². The van der Waals surface area contributed by atoms with Crippen LogP contribution in [-0.4, -0.2) is 60.2 Å². The standard InChI is InChI=1S/C15H26N3O7PS/c1-5-10-11(25-26(20,27)22-4)12(23-7-6-21-3)14(24-10)18-8-9(2)13(16)17-15(18)19/h8,10-12,14H,5-7H2,1-4H3,(H,20,27)(H2,16,17,19)/t10-,11?,12?,14-,26?/m1/s1. The van der Waals surface area contributed by atoms with Gasteiger partial charge in [0.25, 0.3) is 0 Å². The second kappa shape index (κ2) is 9.53. The molecule has 2 heterocycles. The van der Waals surface area contributed by atoms with E-state index in [0.29, 0.717) is 18.6 Å². The highest BCUT2D eigenvalue weighted by molar-refractivity contribution is 8.07. The van der Waals surface area contributed by atoms with Crippen molar-refractivity contribution in [3.63, 3.8) is 0 Å². The van der Waals surface area contributed by atoms with E-state index in [0.717, 1.165) is 0 Å². The van der Waals surface area contributed by atoms with Gasteiger partial charge in [0.15, 0.2) is 6.23 Å². The maximum atomic E-state index is 12.4. The molecule has 1 aromatic heterocycles. The normalized spacial score (nSPS) is 27.6. The third kappa shape index (κ3) is 5.33. The summed E-state index contributed by atoms with van der Waals surface area (Å²) >= 11 is 4.98. The average molecular weight is 423 g/mol. The van der Waals surface area contributed by atoms with Gasteiger partial charge in [-0.05, 0) is 25.2 Å². The van der Waals surface area contributed by atoms with E-state index in [1.165, 1.54) is 11.7 Å². The molecule has 0 aliphatic carbocycles. The van der Waals surface area contributed by atoms with Gasteiger partial charge in [0.2, 0.25) is 0 Å². The van der Waals surface area contributed by atoms with Crippen LogP contribution in [0.3, 0.4) is 0 Å². The average Bonchev–Trinajstić information content (AvgIpc) is 2.95. The summed E-state index contributed by atoms with van der Waals surface area (Å²) in [5.41, 5.74) is 5.75. The number of hydrogen-bond acceptors (Lipinski definition) is 9. The first-order valence-corrected chi connectivity index (χ1v) is 11.0. The maximum absolute atomic E-state index is 12.4. The van der Waals surface area contributed by atoms with Crippen LogP contribution >= 0.6 is 6.72 Å². The fourth-order valence-corrected chi connectivity index (χ4v) is 3.74. The van der Waals surface area contributed by atoms with Crippen molar-refractivity contribution in [2.24, 2.45) is 0 Å². The zero-order chi connectivity index (χ0) is 20.2. The molecule has 0 bridgehead atoms. The Morgan fingerprint density at radius 1 is 1.41 bits per heavy atom. The molecule has 10 nitrogen and oxygen atoms in total. The molecule has 27 heavy (non-hydrogen) atoms. The lowest BCUT2D eigenvalue weighted by Gasteiger charge is -2.27. The molecule has 3 N–H and O–H groups in total. The van der Waals surface area contributed by atoms with E-state index in [9.17, 15) is 9.69 Å². The second-order valence-corrected chi connectivity index (χ2v) is 8.92. The van der Waals surface area contributed by atoms with E-state index in [2.05, 4.69) is 4.98 Å². The Hall–Kier alpha value is -0.910. The third-order valence-electron chi connectivity index (χ3n) is 4.22. The summed E-state index contributed by atoms with van der Waals surface area (Å²) in [5, 5.41) is 0. The molecular formula is C15H26N3O7PS. The van der Waals surface area contributed by atoms with Crippen LogP contribution in [0.5, 0.6) is 0 Å². The molecule has 1 saturated heterocycles.